The quantitative estimate of drug-likeness (QED) is 0.690. The Balaban J connectivity index is 2.82. The first-order valence-corrected chi connectivity index (χ1v) is 4.27. The van der Waals surface area contributed by atoms with Crippen LogP contribution < -0.4 is 5.73 Å². The van der Waals surface area contributed by atoms with Crippen LogP contribution in [0.3, 0.4) is 0 Å². The molecule has 3 nitrogen and oxygen atoms in total. The minimum Gasteiger partial charge on any atom is -0.397 e. The van der Waals surface area contributed by atoms with Gasteiger partial charge >= 0.3 is 6.18 Å². The van der Waals surface area contributed by atoms with Crippen molar-refractivity contribution in [2.45, 2.75) is 6.18 Å². The summed E-state index contributed by atoms with van der Waals surface area (Å²) in [5.41, 5.74) is 4.08. The van der Waals surface area contributed by atoms with Crippen molar-refractivity contribution in [2.75, 3.05) is 5.73 Å². The van der Waals surface area contributed by atoms with Crippen LogP contribution in [0.5, 0.6) is 0 Å². The first-order chi connectivity index (χ1) is 6.91. The molecule has 2 rings (SSSR count). The highest BCUT2D eigenvalue weighted by Crippen LogP contribution is 2.40. The first-order valence-electron chi connectivity index (χ1n) is 3.89. The first kappa shape index (κ1) is 10.1. The zero-order valence-electron chi connectivity index (χ0n) is 7.19. The van der Waals surface area contributed by atoms with E-state index in [1.807, 2.05) is 0 Å². The van der Waals surface area contributed by atoms with Crippen molar-refractivity contribution in [3.8, 4) is 0 Å². The van der Waals surface area contributed by atoms with Crippen LogP contribution in [0.1, 0.15) is 5.56 Å². The standard InChI is InChI=1S/C8H5ClF3N3/c9-6-3-2-14-15-5(3)1-4(7(6)13)8(10,11)12/h1-2H,13H2,(H,14,15). The number of rotatable bonds is 0. The summed E-state index contributed by atoms with van der Waals surface area (Å²) in [7, 11) is 0. The Morgan fingerprint density at radius 1 is 1.40 bits per heavy atom. The fraction of sp³-hybridized carbons (Fsp3) is 0.125. The molecule has 0 atom stereocenters. The Kier molecular flexibility index (Phi) is 2.04. The average molecular weight is 236 g/mol. The van der Waals surface area contributed by atoms with Gasteiger partial charge < -0.3 is 5.73 Å². The molecule has 0 radical (unpaired) electrons. The monoisotopic (exact) mass is 235 g/mol. The average Bonchev–Trinajstić information content (AvgIpc) is 2.57. The molecule has 15 heavy (non-hydrogen) atoms. The third-order valence-electron chi connectivity index (χ3n) is 2.03. The largest absolute Gasteiger partial charge is 0.418 e. The highest BCUT2D eigenvalue weighted by Gasteiger charge is 2.34. The van der Waals surface area contributed by atoms with Crippen LogP contribution in [0.25, 0.3) is 10.9 Å². The fourth-order valence-electron chi connectivity index (χ4n) is 1.30. The fourth-order valence-corrected chi connectivity index (χ4v) is 1.55. The lowest BCUT2D eigenvalue weighted by molar-refractivity contribution is -0.136. The van der Waals surface area contributed by atoms with Crippen LogP contribution in [0.4, 0.5) is 18.9 Å². The predicted molar refractivity (Wildman–Crippen MR) is 50.5 cm³/mol. The van der Waals surface area contributed by atoms with Crippen LogP contribution in [-0.2, 0) is 6.18 Å². The maximum Gasteiger partial charge on any atom is 0.418 e. The van der Waals surface area contributed by atoms with Crippen LogP contribution in [0, 0.1) is 0 Å². The van der Waals surface area contributed by atoms with Gasteiger partial charge in [-0.2, -0.15) is 18.3 Å². The molecule has 2 aromatic rings. The highest BCUT2D eigenvalue weighted by molar-refractivity contribution is 6.38. The highest BCUT2D eigenvalue weighted by atomic mass is 35.5. The van der Waals surface area contributed by atoms with Crippen molar-refractivity contribution in [3.63, 3.8) is 0 Å². The molecule has 1 aromatic carbocycles. The lowest BCUT2D eigenvalue weighted by atomic mass is 10.1. The minimum atomic E-state index is -4.52. The smallest absolute Gasteiger partial charge is 0.397 e. The summed E-state index contributed by atoms with van der Waals surface area (Å²) in [6.45, 7) is 0. The van der Waals surface area contributed by atoms with E-state index in [0.29, 0.717) is 5.39 Å². The van der Waals surface area contributed by atoms with E-state index in [1.54, 1.807) is 0 Å². The molecule has 1 aromatic heterocycles. The zero-order valence-corrected chi connectivity index (χ0v) is 7.95. The number of benzene rings is 1. The molecule has 0 aliphatic heterocycles. The molecule has 0 fully saturated rings. The summed E-state index contributed by atoms with van der Waals surface area (Å²) in [5.74, 6) is 0. The van der Waals surface area contributed by atoms with E-state index in [0.717, 1.165) is 6.07 Å². The molecule has 1 heterocycles. The normalized spacial score (nSPS) is 12.3. The summed E-state index contributed by atoms with van der Waals surface area (Å²) in [6.07, 6.45) is -3.19. The van der Waals surface area contributed by atoms with E-state index in [9.17, 15) is 13.2 Å². The number of aromatic nitrogens is 2. The molecule has 0 saturated carbocycles. The summed E-state index contributed by atoms with van der Waals surface area (Å²) in [5, 5.41) is 6.25. The Labute approximate surface area is 87.0 Å². The van der Waals surface area contributed by atoms with Crippen LogP contribution in [0.15, 0.2) is 12.3 Å². The van der Waals surface area contributed by atoms with Gasteiger partial charge in [0, 0.05) is 5.39 Å². The Morgan fingerprint density at radius 2 is 2.07 bits per heavy atom. The lowest BCUT2D eigenvalue weighted by Crippen LogP contribution is -2.09. The molecule has 80 valence electrons. The van der Waals surface area contributed by atoms with Crippen LogP contribution >= 0.6 is 11.6 Å². The van der Waals surface area contributed by atoms with E-state index in [4.69, 9.17) is 17.3 Å². The molecule has 0 amide bonds. The van der Waals surface area contributed by atoms with Gasteiger partial charge in [-0.05, 0) is 6.07 Å². The van der Waals surface area contributed by atoms with E-state index in [1.165, 1.54) is 6.20 Å². The molecule has 0 bridgehead atoms. The molecule has 0 saturated heterocycles. The Bertz CT molecular complexity index is 518. The lowest BCUT2D eigenvalue weighted by Gasteiger charge is -2.11. The van der Waals surface area contributed by atoms with Gasteiger partial charge in [0.25, 0.3) is 0 Å². The van der Waals surface area contributed by atoms with Gasteiger partial charge in [-0.25, -0.2) is 0 Å². The number of anilines is 1. The number of alkyl halides is 3. The number of hydrogen-bond acceptors (Lipinski definition) is 2. The predicted octanol–water partition coefficient (Wildman–Crippen LogP) is 2.82. The summed E-state index contributed by atoms with van der Waals surface area (Å²) in [4.78, 5) is 0. The van der Waals surface area contributed by atoms with Gasteiger partial charge in [0.2, 0.25) is 0 Å². The molecule has 0 unspecified atom stereocenters. The number of hydrogen-bond donors (Lipinski definition) is 2. The van der Waals surface area contributed by atoms with Crippen molar-refractivity contribution >= 4 is 28.2 Å². The van der Waals surface area contributed by atoms with Gasteiger partial charge in [-0.3, -0.25) is 5.10 Å². The number of nitrogens with two attached hydrogens (primary N) is 1. The number of nitrogens with one attached hydrogen (secondary N) is 1. The van der Waals surface area contributed by atoms with Crippen molar-refractivity contribution in [3.05, 3.63) is 22.8 Å². The third-order valence-corrected chi connectivity index (χ3v) is 2.43. The van der Waals surface area contributed by atoms with Gasteiger partial charge in [-0.1, -0.05) is 11.6 Å². The molecule has 0 aliphatic carbocycles. The zero-order chi connectivity index (χ0) is 11.2. The molecular formula is C8H5ClF3N3. The number of nitrogens with zero attached hydrogens (tertiary/aromatic N) is 1. The molecule has 0 spiro atoms. The Morgan fingerprint density at radius 3 is 2.67 bits per heavy atom. The van der Waals surface area contributed by atoms with Gasteiger partial charge in [0.1, 0.15) is 0 Å². The maximum atomic E-state index is 12.5. The second-order valence-electron chi connectivity index (χ2n) is 2.98. The van der Waals surface area contributed by atoms with E-state index >= 15 is 0 Å². The van der Waals surface area contributed by atoms with Crippen LogP contribution in [0.2, 0.25) is 5.02 Å². The number of fused-ring (bicyclic) bond motifs is 1. The number of H-pyrrole nitrogens is 1. The number of aromatic amines is 1. The van der Waals surface area contributed by atoms with E-state index < -0.39 is 17.4 Å². The second kappa shape index (κ2) is 3.03. The maximum absolute atomic E-state index is 12.5. The van der Waals surface area contributed by atoms with Gasteiger partial charge in [0.15, 0.2) is 0 Å². The molecular weight excluding hydrogens is 231 g/mol. The van der Waals surface area contributed by atoms with E-state index in [-0.39, 0.29) is 10.5 Å². The van der Waals surface area contributed by atoms with E-state index in [2.05, 4.69) is 10.2 Å². The van der Waals surface area contributed by atoms with Crippen molar-refractivity contribution in [2.24, 2.45) is 0 Å². The van der Waals surface area contributed by atoms with Crippen molar-refractivity contribution in [1.29, 1.82) is 0 Å². The SMILES string of the molecule is Nc1c(C(F)(F)F)cc2[nH]ncc2c1Cl. The summed E-state index contributed by atoms with van der Waals surface area (Å²) < 4.78 is 37.5. The van der Waals surface area contributed by atoms with Crippen LogP contribution in [-0.4, -0.2) is 10.2 Å². The van der Waals surface area contributed by atoms with Crippen molar-refractivity contribution in [1.82, 2.24) is 10.2 Å². The number of halogens is 4. The van der Waals surface area contributed by atoms with Gasteiger partial charge in [-0.15, -0.1) is 0 Å². The molecule has 3 N–H and O–H groups in total. The Hall–Kier alpha value is -1.43. The van der Waals surface area contributed by atoms with Gasteiger partial charge in [0.05, 0.1) is 28.0 Å². The summed E-state index contributed by atoms with van der Waals surface area (Å²) in [6, 6.07) is 0.892. The third kappa shape index (κ3) is 1.50. The summed E-state index contributed by atoms with van der Waals surface area (Å²) >= 11 is 5.69. The minimum absolute atomic E-state index is 0.131. The molecule has 7 heteroatoms. The number of nitrogen functional groups attached to an aromatic ring is 1. The topological polar surface area (TPSA) is 54.7 Å². The second-order valence-corrected chi connectivity index (χ2v) is 3.36. The molecule has 0 aliphatic rings. The van der Waals surface area contributed by atoms with Crippen molar-refractivity contribution < 1.29 is 13.2 Å².